The number of aryl methyl sites for hydroxylation is 3. The minimum atomic E-state index is -0.369. The molecule has 0 radical (unpaired) electrons. The van der Waals surface area contributed by atoms with Crippen LogP contribution in [0.15, 0.2) is 36.4 Å². The fourth-order valence-electron chi connectivity index (χ4n) is 2.43. The lowest BCUT2D eigenvalue weighted by Gasteiger charge is -2.13. The van der Waals surface area contributed by atoms with Crippen molar-refractivity contribution in [3.63, 3.8) is 0 Å². The van der Waals surface area contributed by atoms with Gasteiger partial charge in [-0.3, -0.25) is 10.1 Å². The van der Waals surface area contributed by atoms with Gasteiger partial charge in [-0.15, -0.1) is 0 Å². The van der Waals surface area contributed by atoms with Gasteiger partial charge in [-0.2, -0.15) is 0 Å². The zero-order chi connectivity index (χ0) is 14.7. The SMILES string of the molecule is Cc1cc(C)c(NCc2cccc([N+](=O)[O-])c2)c(C)c1. The Bertz CT molecular complexity index is 628. The molecule has 0 aromatic heterocycles. The molecule has 4 nitrogen and oxygen atoms in total. The fourth-order valence-corrected chi connectivity index (χ4v) is 2.43. The molecule has 0 aliphatic rings. The molecule has 0 aliphatic heterocycles. The van der Waals surface area contributed by atoms with Crippen LogP contribution in [0.25, 0.3) is 0 Å². The topological polar surface area (TPSA) is 55.2 Å². The average Bonchev–Trinajstić information content (AvgIpc) is 2.37. The first-order valence-electron chi connectivity index (χ1n) is 6.52. The number of rotatable bonds is 4. The molecule has 0 atom stereocenters. The van der Waals surface area contributed by atoms with Crippen molar-refractivity contribution in [1.29, 1.82) is 0 Å². The number of nitrogens with one attached hydrogen (secondary N) is 1. The van der Waals surface area contributed by atoms with Crippen LogP contribution < -0.4 is 5.32 Å². The number of nitro groups is 1. The Labute approximate surface area is 118 Å². The smallest absolute Gasteiger partial charge is 0.269 e. The molecule has 0 fully saturated rings. The highest BCUT2D eigenvalue weighted by atomic mass is 16.6. The largest absolute Gasteiger partial charge is 0.381 e. The molecule has 0 amide bonds. The summed E-state index contributed by atoms with van der Waals surface area (Å²) in [5.74, 6) is 0. The van der Waals surface area contributed by atoms with Crippen LogP contribution in [0, 0.1) is 30.9 Å². The third-order valence-electron chi connectivity index (χ3n) is 3.27. The Morgan fingerprint density at radius 2 is 1.75 bits per heavy atom. The van der Waals surface area contributed by atoms with Gasteiger partial charge < -0.3 is 5.32 Å². The van der Waals surface area contributed by atoms with Gasteiger partial charge in [-0.05, 0) is 37.5 Å². The Morgan fingerprint density at radius 3 is 2.35 bits per heavy atom. The molecule has 2 aromatic carbocycles. The van der Waals surface area contributed by atoms with Crippen LogP contribution in [0.2, 0.25) is 0 Å². The predicted octanol–water partition coefficient (Wildman–Crippen LogP) is 4.13. The van der Waals surface area contributed by atoms with Crippen LogP contribution in [0.5, 0.6) is 0 Å². The quantitative estimate of drug-likeness (QED) is 0.671. The summed E-state index contributed by atoms with van der Waals surface area (Å²) in [6, 6.07) is 11.0. The molecule has 20 heavy (non-hydrogen) atoms. The van der Waals surface area contributed by atoms with E-state index in [1.54, 1.807) is 12.1 Å². The van der Waals surface area contributed by atoms with Crippen molar-refractivity contribution in [2.75, 3.05) is 5.32 Å². The van der Waals surface area contributed by atoms with E-state index >= 15 is 0 Å². The summed E-state index contributed by atoms with van der Waals surface area (Å²) in [5.41, 5.74) is 5.74. The van der Waals surface area contributed by atoms with E-state index in [1.807, 2.05) is 6.07 Å². The first-order chi connectivity index (χ1) is 9.47. The second-order valence-electron chi connectivity index (χ2n) is 5.05. The first-order valence-corrected chi connectivity index (χ1v) is 6.52. The molecular weight excluding hydrogens is 252 g/mol. The number of hydrogen-bond donors (Lipinski definition) is 1. The van der Waals surface area contributed by atoms with E-state index in [1.165, 1.54) is 22.8 Å². The van der Waals surface area contributed by atoms with Crippen molar-refractivity contribution in [2.24, 2.45) is 0 Å². The normalized spacial score (nSPS) is 10.3. The zero-order valence-corrected chi connectivity index (χ0v) is 11.9. The zero-order valence-electron chi connectivity index (χ0n) is 11.9. The van der Waals surface area contributed by atoms with Gasteiger partial charge in [-0.25, -0.2) is 0 Å². The molecule has 4 heteroatoms. The standard InChI is InChI=1S/C16H18N2O2/c1-11-7-12(2)16(13(3)8-11)17-10-14-5-4-6-15(9-14)18(19)20/h4-9,17H,10H2,1-3H3. The number of nitro benzene ring substituents is 1. The van der Waals surface area contributed by atoms with E-state index in [2.05, 4.69) is 38.2 Å². The highest BCUT2D eigenvalue weighted by Gasteiger charge is 2.07. The molecule has 2 rings (SSSR count). The summed E-state index contributed by atoms with van der Waals surface area (Å²) >= 11 is 0. The summed E-state index contributed by atoms with van der Waals surface area (Å²) < 4.78 is 0. The lowest BCUT2D eigenvalue weighted by atomic mass is 10.0. The molecule has 0 saturated heterocycles. The van der Waals surface area contributed by atoms with Crippen molar-refractivity contribution in [3.8, 4) is 0 Å². The Hall–Kier alpha value is -2.36. The number of nitrogens with zero attached hydrogens (tertiary/aromatic N) is 1. The molecule has 0 saturated carbocycles. The maximum Gasteiger partial charge on any atom is 0.269 e. The maximum atomic E-state index is 10.8. The molecule has 2 aromatic rings. The Kier molecular flexibility index (Phi) is 4.03. The van der Waals surface area contributed by atoms with Crippen LogP contribution in [0.4, 0.5) is 11.4 Å². The molecule has 0 unspecified atom stereocenters. The van der Waals surface area contributed by atoms with Crippen molar-refractivity contribution < 1.29 is 4.92 Å². The molecule has 0 spiro atoms. The molecule has 1 N–H and O–H groups in total. The first kappa shape index (κ1) is 14.1. The lowest BCUT2D eigenvalue weighted by molar-refractivity contribution is -0.384. The van der Waals surface area contributed by atoms with Crippen molar-refractivity contribution in [1.82, 2.24) is 0 Å². The Morgan fingerprint density at radius 1 is 1.10 bits per heavy atom. The highest BCUT2D eigenvalue weighted by molar-refractivity contribution is 5.58. The number of non-ortho nitro benzene ring substituents is 1. The fraction of sp³-hybridized carbons (Fsp3) is 0.250. The van der Waals surface area contributed by atoms with Crippen LogP contribution in [-0.4, -0.2) is 4.92 Å². The van der Waals surface area contributed by atoms with E-state index in [-0.39, 0.29) is 10.6 Å². The molecule has 104 valence electrons. The summed E-state index contributed by atoms with van der Waals surface area (Å²) in [6.45, 7) is 6.78. The third-order valence-corrected chi connectivity index (χ3v) is 3.27. The van der Waals surface area contributed by atoms with Gasteiger partial charge in [0.15, 0.2) is 0 Å². The highest BCUT2D eigenvalue weighted by Crippen LogP contribution is 2.23. The van der Waals surface area contributed by atoms with Crippen LogP contribution in [0.3, 0.4) is 0 Å². The Balaban J connectivity index is 2.17. The lowest BCUT2D eigenvalue weighted by Crippen LogP contribution is -2.03. The van der Waals surface area contributed by atoms with Gasteiger partial charge in [0.1, 0.15) is 0 Å². The van der Waals surface area contributed by atoms with Crippen LogP contribution in [0.1, 0.15) is 22.3 Å². The van der Waals surface area contributed by atoms with E-state index in [4.69, 9.17) is 0 Å². The van der Waals surface area contributed by atoms with Crippen molar-refractivity contribution in [2.45, 2.75) is 27.3 Å². The van der Waals surface area contributed by atoms with E-state index < -0.39 is 0 Å². The predicted molar refractivity (Wildman–Crippen MR) is 81.1 cm³/mol. The maximum absolute atomic E-state index is 10.8. The van der Waals surface area contributed by atoms with Gasteiger partial charge in [-0.1, -0.05) is 29.8 Å². The van der Waals surface area contributed by atoms with Gasteiger partial charge >= 0.3 is 0 Å². The second-order valence-corrected chi connectivity index (χ2v) is 5.05. The summed E-state index contributed by atoms with van der Waals surface area (Å²) in [6.07, 6.45) is 0. The van der Waals surface area contributed by atoms with Gasteiger partial charge in [0.25, 0.3) is 5.69 Å². The second kappa shape index (κ2) is 5.74. The molecular formula is C16H18N2O2. The van der Waals surface area contributed by atoms with Crippen molar-refractivity contribution >= 4 is 11.4 Å². The average molecular weight is 270 g/mol. The summed E-state index contributed by atoms with van der Waals surface area (Å²) in [5, 5.41) is 14.1. The van der Waals surface area contributed by atoms with Crippen LogP contribution >= 0.6 is 0 Å². The van der Waals surface area contributed by atoms with E-state index in [9.17, 15) is 10.1 Å². The van der Waals surface area contributed by atoms with Gasteiger partial charge in [0, 0.05) is 24.4 Å². The summed E-state index contributed by atoms with van der Waals surface area (Å²) in [7, 11) is 0. The summed E-state index contributed by atoms with van der Waals surface area (Å²) in [4.78, 5) is 10.4. The number of hydrogen-bond acceptors (Lipinski definition) is 3. The molecule has 0 heterocycles. The molecule has 0 aliphatic carbocycles. The van der Waals surface area contributed by atoms with E-state index in [0.717, 1.165) is 11.3 Å². The van der Waals surface area contributed by atoms with Crippen LogP contribution in [-0.2, 0) is 6.54 Å². The third kappa shape index (κ3) is 3.15. The monoisotopic (exact) mass is 270 g/mol. The van der Waals surface area contributed by atoms with Gasteiger partial charge in [0.2, 0.25) is 0 Å². The molecule has 0 bridgehead atoms. The van der Waals surface area contributed by atoms with Crippen molar-refractivity contribution in [3.05, 3.63) is 68.8 Å². The van der Waals surface area contributed by atoms with Gasteiger partial charge in [0.05, 0.1) is 4.92 Å². The minimum absolute atomic E-state index is 0.127. The number of benzene rings is 2. The minimum Gasteiger partial charge on any atom is -0.381 e. The number of anilines is 1. The van der Waals surface area contributed by atoms with E-state index in [0.29, 0.717) is 6.54 Å².